The number of anilines is 1. The second kappa shape index (κ2) is 5.64. The van der Waals surface area contributed by atoms with Gasteiger partial charge in [-0.3, -0.25) is 0 Å². The largest absolute Gasteiger partial charge is 0.358 e. The average molecular weight is 244 g/mol. The third kappa shape index (κ3) is 2.94. The fourth-order valence-electron chi connectivity index (χ4n) is 1.56. The Morgan fingerprint density at radius 2 is 2.12 bits per heavy atom. The highest BCUT2D eigenvalue weighted by molar-refractivity contribution is 7.14. The number of thiazole rings is 1. The predicted molar refractivity (Wildman–Crippen MR) is 75.6 cm³/mol. The number of nitrogens with zero attached hydrogens (tertiary/aromatic N) is 1. The van der Waals surface area contributed by atoms with Gasteiger partial charge in [-0.1, -0.05) is 37.3 Å². The second-order valence-electron chi connectivity index (χ2n) is 3.76. The quantitative estimate of drug-likeness (QED) is 0.805. The van der Waals surface area contributed by atoms with Crippen LogP contribution in [0.4, 0.5) is 5.13 Å². The average Bonchev–Trinajstić information content (AvgIpc) is 2.85. The molecule has 1 aromatic heterocycles. The van der Waals surface area contributed by atoms with Crippen molar-refractivity contribution in [1.82, 2.24) is 4.98 Å². The van der Waals surface area contributed by atoms with E-state index in [9.17, 15) is 0 Å². The molecule has 0 aliphatic rings. The van der Waals surface area contributed by atoms with Crippen molar-refractivity contribution in [2.45, 2.75) is 13.3 Å². The molecule has 0 spiro atoms. The van der Waals surface area contributed by atoms with Crippen LogP contribution in [0.25, 0.3) is 11.3 Å². The number of rotatable bonds is 5. The van der Waals surface area contributed by atoms with E-state index in [-0.39, 0.29) is 0 Å². The molecule has 3 heteroatoms. The van der Waals surface area contributed by atoms with E-state index in [1.807, 2.05) is 6.08 Å². The molecular formula is C14H16N2S. The lowest BCUT2D eigenvalue weighted by atomic mass is 10.1. The standard InChI is InChI=1S/C14H16N2S/c1-3-9-15-14-16-13(10-17-14)12-7-5-11(4-2)6-8-12/h3,5-8,10H,1,4,9H2,2H3,(H,15,16). The smallest absolute Gasteiger partial charge is 0.183 e. The minimum atomic E-state index is 0.752. The van der Waals surface area contributed by atoms with E-state index in [2.05, 4.69) is 53.4 Å². The zero-order valence-electron chi connectivity index (χ0n) is 9.94. The highest BCUT2D eigenvalue weighted by Crippen LogP contribution is 2.25. The van der Waals surface area contributed by atoms with Gasteiger partial charge in [0.15, 0.2) is 5.13 Å². The summed E-state index contributed by atoms with van der Waals surface area (Å²) in [4.78, 5) is 4.53. The molecule has 2 nitrogen and oxygen atoms in total. The fourth-order valence-corrected chi connectivity index (χ4v) is 2.29. The molecule has 0 bridgehead atoms. The molecule has 2 rings (SSSR count). The SMILES string of the molecule is C=CCNc1nc(-c2ccc(CC)cc2)cs1. The third-order valence-corrected chi connectivity index (χ3v) is 3.36. The number of hydrogen-bond donors (Lipinski definition) is 1. The summed E-state index contributed by atoms with van der Waals surface area (Å²) in [5.74, 6) is 0. The van der Waals surface area contributed by atoms with Crippen molar-refractivity contribution in [1.29, 1.82) is 0 Å². The number of aryl methyl sites for hydroxylation is 1. The summed E-state index contributed by atoms with van der Waals surface area (Å²) in [6.45, 7) is 6.59. The van der Waals surface area contributed by atoms with Crippen molar-refractivity contribution < 1.29 is 0 Å². The fraction of sp³-hybridized carbons (Fsp3) is 0.214. The Morgan fingerprint density at radius 1 is 1.35 bits per heavy atom. The number of hydrogen-bond acceptors (Lipinski definition) is 3. The minimum Gasteiger partial charge on any atom is -0.358 e. The lowest BCUT2D eigenvalue weighted by Gasteiger charge is -1.99. The highest BCUT2D eigenvalue weighted by atomic mass is 32.1. The minimum absolute atomic E-state index is 0.752. The number of nitrogens with one attached hydrogen (secondary N) is 1. The third-order valence-electron chi connectivity index (χ3n) is 2.56. The van der Waals surface area contributed by atoms with Crippen LogP contribution in [-0.2, 0) is 6.42 Å². The van der Waals surface area contributed by atoms with Gasteiger partial charge in [-0.15, -0.1) is 17.9 Å². The number of aromatic nitrogens is 1. The van der Waals surface area contributed by atoms with Gasteiger partial charge in [0, 0.05) is 17.5 Å². The molecule has 0 unspecified atom stereocenters. The Balaban J connectivity index is 2.15. The predicted octanol–water partition coefficient (Wildman–Crippen LogP) is 3.97. The molecule has 0 saturated carbocycles. The van der Waals surface area contributed by atoms with Crippen LogP contribution in [0.5, 0.6) is 0 Å². The summed E-state index contributed by atoms with van der Waals surface area (Å²) < 4.78 is 0. The summed E-state index contributed by atoms with van der Waals surface area (Å²) >= 11 is 1.62. The molecule has 0 fully saturated rings. The number of benzene rings is 1. The van der Waals surface area contributed by atoms with Gasteiger partial charge in [-0.25, -0.2) is 4.98 Å². The molecule has 2 aromatic rings. The molecule has 17 heavy (non-hydrogen) atoms. The van der Waals surface area contributed by atoms with E-state index >= 15 is 0 Å². The van der Waals surface area contributed by atoms with Gasteiger partial charge in [0.1, 0.15) is 0 Å². The zero-order chi connectivity index (χ0) is 12.1. The first-order valence-corrected chi connectivity index (χ1v) is 6.61. The summed E-state index contributed by atoms with van der Waals surface area (Å²) in [7, 11) is 0. The normalized spacial score (nSPS) is 10.2. The Bertz CT molecular complexity index is 485. The van der Waals surface area contributed by atoms with Crippen molar-refractivity contribution in [3.05, 3.63) is 47.9 Å². The van der Waals surface area contributed by atoms with Crippen LogP contribution in [0.15, 0.2) is 42.3 Å². The van der Waals surface area contributed by atoms with Crippen LogP contribution in [-0.4, -0.2) is 11.5 Å². The second-order valence-corrected chi connectivity index (χ2v) is 4.62. The maximum atomic E-state index is 4.53. The molecule has 0 radical (unpaired) electrons. The van der Waals surface area contributed by atoms with Crippen molar-refractivity contribution in [2.75, 3.05) is 11.9 Å². The highest BCUT2D eigenvalue weighted by Gasteiger charge is 2.03. The van der Waals surface area contributed by atoms with E-state index in [1.54, 1.807) is 11.3 Å². The topological polar surface area (TPSA) is 24.9 Å². The van der Waals surface area contributed by atoms with Crippen molar-refractivity contribution in [3.8, 4) is 11.3 Å². The van der Waals surface area contributed by atoms with Gasteiger partial charge in [0.05, 0.1) is 5.69 Å². The van der Waals surface area contributed by atoms with Crippen LogP contribution >= 0.6 is 11.3 Å². The van der Waals surface area contributed by atoms with E-state index in [1.165, 1.54) is 11.1 Å². The monoisotopic (exact) mass is 244 g/mol. The van der Waals surface area contributed by atoms with Gasteiger partial charge in [-0.2, -0.15) is 0 Å². The molecule has 0 saturated heterocycles. The Morgan fingerprint density at radius 3 is 2.76 bits per heavy atom. The Hall–Kier alpha value is -1.61. The van der Waals surface area contributed by atoms with E-state index in [0.717, 1.165) is 23.8 Å². The van der Waals surface area contributed by atoms with Crippen molar-refractivity contribution in [2.24, 2.45) is 0 Å². The van der Waals surface area contributed by atoms with Crippen molar-refractivity contribution in [3.63, 3.8) is 0 Å². The zero-order valence-corrected chi connectivity index (χ0v) is 10.8. The lowest BCUT2D eigenvalue weighted by molar-refractivity contribution is 1.14. The van der Waals surface area contributed by atoms with Crippen LogP contribution < -0.4 is 5.32 Å². The first-order valence-electron chi connectivity index (χ1n) is 5.73. The molecule has 0 aliphatic carbocycles. The molecule has 1 N–H and O–H groups in total. The first kappa shape index (κ1) is 11.9. The van der Waals surface area contributed by atoms with Gasteiger partial charge >= 0.3 is 0 Å². The molecule has 0 atom stereocenters. The molecule has 0 amide bonds. The van der Waals surface area contributed by atoms with Gasteiger partial charge < -0.3 is 5.32 Å². The van der Waals surface area contributed by atoms with Crippen LogP contribution in [0, 0.1) is 0 Å². The van der Waals surface area contributed by atoms with Crippen LogP contribution in [0.1, 0.15) is 12.5 Å². The summed E-state index contributed by atoms with van der Waals surface area (Å²) in [5, 5.41) is 6.22. The molecule has 0 aliphatic heterocycles. The van der Waals surface area contributed by atoms with E-state index in [0.29, 0.717) is 0 Å². The van der Waals surface area contributed by atoms with Crippen LogP contribution in [0.3, 0.4) is 0 Å². The lowest BCUT2D eigenvalue weighted by Crippen LogP contribution is -1.96. The van der Waals surface area contributed by atoms with Crippen LogP contribution in [0.2, 0.25) is 0 Å². The molecular weight excluding hydrogens is 228 g/mol. The molecule has 1 aromatic carbocycles. The molecule has 88 valence electrons. The van der Waals surface area contributed by atoms with Gasteiger partial charge in [0.25, 0.3) is 0 Å². The summed E-state index contributed by atoms with van der Waals surface area (Å²) in [6, 6.07) is 8.58. The van der Waals surface area contributed by atoms with E-state index in [4.69, 9.17) is 0 Å². The Labute approximate surface area is 106 Å². The summed E-state index contributed by atoms with van der Waals surface area (Å²) in [6.07, 6.45) is 2.90. The summed E-state index contributed by atoms with van der Waals surface area (Å²) in [5.41, 5.74) is 3.56. The van der Waals surface area contributed by atoms with Crippen molar-refractivity contribution >= 4 is 16.5 Å². The molecule has 1 heterocycles. The van der Waals surface area contributed by atoms with Gasteiger partial charge in [-0.05, 0) is 12.0 Å². The van der Waals surface area contributed by atoms with E-state index < -0.39 is 0 Å². The first-order chi connectivity index (χ1) is 8.33. The Kier molecular flexibility index (Phi) is 3.94. The maximum Gasteiger partial charge on any atom is 0.183 e. The maximum absolute atomic E-state index is 4.53. The van der Waals surface area contributed by atoms with Gasteiger partial charge in [0.2, 0.25) is 0 Å².